The first-order valence-electron chi connectivity index (χ1n) is 11.2. The number of aromatic hydroxyl groups is 1. The molecule has 0 saturated carbocycles. The Bertz CT molecular complexity index is 1210. The summed E-state index contributed by atoms with van der Waals surface area (Å²) in [6, 6.07) is 18.5. The molecule has 0 aromatic heterocycles. The fraction of sp³-hybridized carbons (Fsp3) is 0.222. The number of carboxylic acid groups (broad SMARTS) is 1. The number of carboxylic acids is 1. The summed E-state index contributed by atoms with van der Waals surface area (Å²) in [4.78, 5) is 36.1. The number of alkyl carbamates (subject to hydrolysis) is 1. The lowest BCUT2D eigenvalue weighted by Gasteiger charge is -2.28. The molecule has 0 unspecified atom stereocenters. The maximum absolute atomic E-state index is 12.8. The highest BCUT2D eigenvalue weighted by Gasteiger charge is 2.30. The summed E-state index contributed by atoms with van der Waals surface area (Å²) in [6.07, 6.45) is 0.701. The maximum Gasteiger partial charge on any atom is 0.414 e. The van der Waals surface area contributed by atoms with E-state index in [9.17, 15) is 19.5 Å². The van der Waals surface area contributed by atoms with Crippen molar-refractivity contribution in [3.8, 4) is 5.75 Å². The van der Waals surface area contributed by atoms with Crippen molar-refractivity contribution in [1.82, 2.24) is 5.32 Å². The summed E-state index contributed by atoms with van der Waals surface area (Å²) in [7, 11) is 0. The molecule has 0 spiro atoms. The molecule has 0 fully saturated rings. The Labute approximate surface area is 202 Å². The Morgan fingerprint density at radius 2 is 1.66 bits per heavy atom. The minimum absolute atomic E-state index is 0.0733. The third-order valence-electron chi connectivity index (χ3n) is 5.32. The molecule has 0 bridgehead atoms. The number of aliphatic carboxylic acids is 1. The van der Waals surface area contributed by atoms with Crippen molar-refractivity contribution in [2.45, 2.75) is 32.0 Å². The first-order valence-corrected chi connectivity index (χ1v) is 11.2. The number of amides is 2. The first-order chi connectivity index (χ1) is 16.9. The molecule has 3 rings (SSSR count). The van der Waals surface area contributed by atoms with E-state index in [1.807, 2.05) is 0 Å². The molecule has 2 amide bonds. The van der Waals surface area contributed by atoms with Crippen LogP contribution in [0.15, 0.2) is 78.9 Å². The fourth-order valence-corrected chi connectivity index (χ4v) is 3.77. The van der Waals surface area contributed by atoms with Gasteiger partial charge in [0.1, 0.15) is 5.75 Å². The number of benzene rings is 3. The van der Waals surface area contributed by atoms with E-state index in [2.05, 4.69) is 5.32 Å². The molecule has 35 heavy (non-hydrogen) atoms. The number of carbonyl (C=O) groups excluding carboxylic acids is 2. The van der Waals surface area contributed by atoms with Crippen LogP contribution >= 0.6 is 0 Å². The molecule has 182 valence electrons. The van der Waals surface area contributed by atoms with Gasteiger partial charge < -0.3 is 19.7 Å². The monoisotopic (exact) mass is 477 g/mol. The minimum Gasteiger partial charge on any atom is -0.507 e. The van der Waals surface area contributed by atoms with Crippen molar-refractivity contribution >= 4 is 28.7 Å². The lowest BCUT2D eigenvalue weighted by Crippen LogP contribution is -2.35. The lowest BCUT2D eigenvalue weighted by atomic mass is 9.94. The molecule has 0 aliphatic heterocycles. The highest BCUT2D eigenvalue weighted by Crippen LogP contribution is 2.36. The molecule has 0 saturated heterocycles. The van der Waals surface area contributed by atoms with E-state index >= 15 is 0 Å². The summed E-state index contributed by atoms with van der Waals surface area (Å²) in [6.45, 7) is 2.11. The molecular formula is C27H27NO7. The van der Waals surface area contributed by atoms with E-state index in [4.69, 9.17) is 14.6 Å². The molecule has 0 aliphatic carbocycles. The fourth-order valence-electron chi connectivity index (χ4n) is 3.77. The minimum atomic E-state index is -1.06. The smallest absolute Gasteiger partial charge is 0.414 e. The van der Waals surface area contributed by atoms with Gasteiger partial charge >= 0.3 is 12.1 Å². The third kappa shape index (κ3) is 6.91. The number of phenolic OH excluding ortho intramolecular Hbond substituents is 1. The Hall–Kier alpha value is -4.17. The van der Waals surface area contributed by atoms with Crippen LogP contribution in [0, 0.1) is 0 Å². The summed E-state index contributed by atoms with van der Waals surface area (Å²) in [5.74, 6) is -1.60. The second kappa shape index (κ2) is 12.3. The summed E-state index contributed by atoms with van der Waals surface area (Å²) < 4.78 is 11.7. The van der Waals surface area contributed by atoms with Crippen LogP contribution in [0.5, 0.6) is 5.75 Å². The van der Waals surface area contributed by atoms with Crippen LogP contribution in [-0.4, -0.2) is 40.9 Å². The number of hydrogen-bond acceptors (Lipinski definition) is 6. The largest absolute Gasteiger partial charge is 0.507 e. The molecule has 0 aliphatic rings. The molecule has 3 N–H and O–H groups in total. The average Bonchev–Trinajstić information content (AvgIpc) is 2.85. The van der Waals surface area contributed by atoms with Crippen LogP contribution in [0.4, 0.5) is 4.79 Å². The van der Waals surface area contributed by atoms with Crippen LogP contribution in [0.3, 0.4) is 0 Å². The van der Waals surface area contributed by atoms with E-state index in [1.165, 1.54) is 12.1 Å². The number of rotatable bonds is 10. The zero-order chi connectivity index (χ0) is 25.2. The van der Waals surface area contributed by atoms with Gasteiger partial charge in [-0.25, -0.2) is 9.59 Å². The quantitative estimate of drug-likeness (QED) is 0.352. The van der Waals surface area contributed by atoms with Crippen LogP contribution in [0.25, 0.3) is 10.8 Å². The van der Waals surface area contributed by atoms with Crippen LogP contribution in [0.2, 0.25) is 0 Å². The third-order valence-corrected chi connectivity index (χ3v) is 5.32. The van der Waals surface area contributed by atoms with Gasteiger partial charge in [-0.1, -0.05) is 54.6 Å². The number of allylic oxidation sites excluding steroid dienone is 1. The van der Waals surface area contributed by atoms with Crippen LogP contribution in [-0.2, 0) is 14.3 Å². The Morgan fingerprint density at radius 3 is 2.34 bits per heavy atom. The molecular weight excluding hydrogens is 450 g/mol. The van der Waals surface area contributed by atoms with Crippen LogP contribution < -0.4 is 5.32 Å². The summed E-state index contributed by atoms with van der Waals surface area (Å²) in [5, 5.41) is 22.6. The van der Waals surface area contributed by atoms with Gasteiger partial charge in [0.15, 0.2) is 6.10 Å². The van der Waals surface area contributed by atoms with Gasteiger partial charge in [0.25, 0.3) is 5.91 Å². The van der Waals surface area contributed by atoms with Gasteiger partial charge in [0.2, 0.25) is 0 Å². The molecule has 0 radical (unpaired) electrons. The van der Waals surface area contributed by atoms with Gasteiger partial charge in [0.05, 0.1) is 6.10 Å². The number of imide groups is 1. The molecule has 2 atom stereocenters. The SMILES string of the molecule is CCO[C@@H](CC/C=C/C(=O)O)[C@@H](OC(=O)NC(=O)c1ccccc1)c1ccc(O)c2ccccc12. The van der Waals surface area contributed by atoms with E-state index in [-0.39, 0.29) is 5.75 Å². The Morgan fingerprint density at radius 1 is 0.971 bits per heavy atom. The predicted octanol–water partition coefficient (Wildman–Crippen LogP) is 4.98. The first kappa shape index (κ1) is 25.5. The maximum atomic E-state index is 12.8. The van der Waals surface area contributed by atoms with Crippen molar-refractivity contribution in [2.75, 3.05) is 6.61 Å². The number of nitrogens with one attached hydrogen (secondary N) is 1. The van der Waals surface area contributed by atoms with Crippen LogP contribution in [0.1, 0.15) is 41.8 Å². The highest BCUT2D eigenvalue weighted by molar-refractivity contribution is 6.03. The summed E-state index contributed by atoms with van der Waals surface area (Å²) >= 11 is 0. The molecule has 3 aromatic carbocycles. The van der Waals surface area contributed by atoms with E-state index < -0.39 is 30.2 Å². The van der Waals surface area contributed by atoms with Crippen molar-refractivity contribution in [1.29, 1.82) is 0 Å². The van der Waals surface area contributed by atoms with Gasteiger partial charge in [-0.2, -0.15) is 0 Å². The van der Waals surface area contributed by atoms with E-state index in [0.29, 0.717) is 41.3 Å². The van der Waals surface area contributed by atoms with E-state index in [1.54, 1.807) is 67.6 Å². The molecule has 3 aromatic rings. The predicted molar refractivity (Wildman–Crippen MR) is 130 cm³/mol. The summed E-state index contributed by atoms with van der Waals surface area (Å²) in [5.41, 5.74) is 0.887. The lowest BCUT2D eigenvalue weighted by molar-refractivity contribution is -0.131. The Kier molecular flexibility index (Phi) is 8.97. The second-order valence-corrected chi connectivity index (χ2v) is 7.68. The molecule has 0 heterocycles. The number of hydrogen-bond donors (Lipinski definition) is 3. The highest BCUT2D eigenvalue weighted by atomic mass is 16.6. The number of carbonyl (C=O) groups is 3. The van der Waals surface area contributed by atoms with Crippen molar-refractivity contribution in [3.05, 3.63) is 90.0 Å². The second-order valence-electron chi connectivity index (χ2n) is 7.68. The molecule has 8 heteroatoms. The number of fused-ring (bicyclic) bond motifs is 1. The van der Waals surface area contributed by atoms with Gasteiger partial charge in [-0.15, -0.1) is 0 Å². The topological polar surface area (TPSA) is 122 Å². The van der Waals surface area contributed by atoms with Gasteiger partial charge in [-0.3, -0.25) is 10.1 Å². The number of phenols is 1. The average molecular weight is 478 g/mol. The number of ether oxygens (including phenoxy) is 2. The standard InChI is InChI=1S/C27H27NO7/c1-2-34-23(14-8-9-15-24(30)31)25(21-16-17-22(29)20-13-7-6-12-19(20)21)35-27(33)28-26(32)18-10-4-3-5-11-18/h3-7,9-13,15-17,23,25,29H,2,8,14H2,1H3,(H,30,31)(H,28,32,33)/b15-9+/t23-,25-/m0/s1. The van der Waals surface area contributed by atoms with Gasteiger partial charge in [0, 0.05) is 29.2 Å². The van der Waals surface area contributed by atoms with Crippen molar-refractivity contribution < 1.29 is 34.1 Å². The normalized spacial score (nSPS) is 12.8. The zero-order valence-electron chi connectivity index (χ0n) is 19.2. The molecule has 8 nitrogen and oxygen atoms in total. The van der Waals surface area contributed by atoms with Crippen molar-refractivity contribution in [2.24, 2.45) is 0 Å². The Balaban J connectivity index is 1.93. The van der Waals surface area contributed by atoms with Crippen molar-refractivity contribution in [3.63, 3.8) is 0 Å². The van der Waals surface area contributed by atoms with Gasteiger partial charge in [-0.05, 0) is 43.4 Å². The van der Waals surface area contributed by atoms with E-state index in [0.717, 1.165) is 6.08 Å². The zero-order valence-corrected chi connectivity index (χ0v) is 19.2.